The number of para-hydroxylation sites is 2. The molecule has 3 heterocycles. The fourth-order valence-electron chi connectivity index (χ4n) is 8.63. The molecule has 4 aromatic rings. The van der Waals surface area contributed by atoms with Crippen molar-refractivity contribution in [3.05, 3.63) is 119 Å². The van der Waals surface area contributed by atoms with Gasteiger partial charge in [0.25, 0.3) is 0 Å². The Morgan fingerprint density at radius 1 is 0.724 bits per heavy atom. The number of hydrogen-bond donors (Lipinski definition) is 4. The van der Waals surface area contributed by atoms with Crippen molar-refractivity contribution in [3.8, 4) is 11.1 Å². The quantitative estimate of drug-likeness (QED) is 0.0588. The van der Waals surface area contributed by atoms with Crippen LogP contribution < -0.4 is 16.4 Å². The summed E-state index contributed by atoms with van der Waals surface area (Å²) in [5.74, 6) is -0.00751. The molecule has 10 heteroatoms. The predicted molar refractivity (Wildman–Crippen MR) is 230 cm³/mol. The first-order valence-electron chi connectivity index (χ1n) is 21.5. The Morgan fingerprint density at radius 2 is 1.47 bits per heavy atom. The molecule has 7 rings (SSSR count). The van der Waals surface area contributed by atoms with Crippen LogP contribution in [0.2, 0.25) is 0 Å². The van der Waals surface area contributed by atoms with E-state index in [1.165, 1.54) is 38.8 Å². The molecular weight excluding hydrogens is 727 g/mol. The van der Waals surface area contributed by atoms with E-state index in [-0.39, 0.29) is 30.6 Å². The summed E-state index contributed by atoms with van der Waals surface area (Å²) in [6.45, 7) is 6.12. The zero-order valence-corrected chi connectivity index (χ0v) is 33.8. The molecule has 4 aromatic carbocycles. The fourth-order valence-corrected chi connectivity index (χ4v) is 8.63. The van der Waals surface area contributed by atoms with Gasteiger partial charge in [0.2, 0.25) is 11.8 Å². The molecular formula is C48H61N5O5. The van der Waals surface area contributed by atoms with Crippen LogP contribution in [0.4, 0.5) is 11.4 Å². The fraction of sp³-hybridized carbons (Fsp3) is 0.458. The first-order chi connectivity index (χ1) is 28.4. The lowest BCUT2D eigenvalue weighted by molar-refractivity contribution is -0.253. The van der Waals surface area contributed by atoms with Gasteiger partial charge in [-0.25, -0.2) is 0 Å². The Labute approximate surface area is 344 Å². The molecule has 0 radical (unpaired) electrons. The van der Waals surface area contributed by atoms with Crippen LogP contribution in [-0.4, -0.2) is 71.6 Å². The standard InChI is InChI=1S/C48H61N5O5/c49-43-14-5-6-15-44(43)51-47(56)17-4-2-1-3-16-46(55)50-31-36-11-9-12-40(29-36)37-22-24-39(25-23-37)48-57-42(30-45(58-48)38-20-18-35(34-54)19-21-38)33-53-28-10-13-41(53)32-52-26-7-8-27-52/h5-6,9,11-12,14-15,18-25,29,41-42,45,48,54H,1-4,7-8,10,13,16-17,26-28,30-34,49H2,(H,50,55)(H,51,56). The molecule has 58 heavy (non-hydrogen) atoms. The highest BCUT2D eigenvalue weighted by molar-refractivity contribution is 5.93. The number of anilines is 2. The topological polar surface area (TPSA) is 129 Å². The Balaban J connectivity index is 0.897. The molecule has 2 amide bonds. The molecule has 0 aromatic heterocycles. The van der Waals surface area contributed by atoms with E-state index >= 15 is 0 Å². The van der Waals surface area contributed by atoms with E-state index in [9.17, 15) is 14.7 Å². The summed E-state index contributed by atoms with van der Waals surface area (Å²) in [6, 6.07) is 32.7. The lowest BCUT2D eigenvalue weighted by atomic mass is 9.98. The zero-order valence-electron chi connectivity index (χ0n) is 33.8. The molecule has 308 valence electrons. The first-order valence-corrected chi connectivity index (χ1v) is 21.5. The van der Waals surface area contributed by atoms with Crippen LogP contribution in [0.25, 0.3) is 11.1 Å². The van der Waals surface area contributed by atoms with Crippen molar-refractivity contribution in [1.82, 2.24) is 15.1 Å². The molecule has 0 spiro atoms. The monoisotopic (exact) mass is 787 g/mol. The van der Waals surface area contributed by atoms with Crippen molar-refractivity contribution in [2.75, 3.05) is 43.8 Å². The van der Waals surface area contributed by atoms with Crippen LogP contribution in [0, 0.1) is 0 Å². The average Bonchev–Trinajstić information content (AvgIpc) is 3.94. The summed E-state index contributed by atoms with van der Waals surface area (Å²) in [7, 11) is 0. The van der Waals surface area contributed by atoms with E-state index < -0.39 is 6.29 Å². The Bertz CT molecular complexity index is 1910. The normalized spacial score (nSPS) is 21.3. The number of nitrogens with two attached hydrogens (primary N) is 1. The van der Waals surface area contributed by atoms with Gasteiger partial charge in [-0.2, -0.15) is 0 Å². The minimum atomic E-state index is -0.490. The number of rotatable bonds is 18. The zero-order chi connectivity index (χ0) is 40.1. The summed E-state index contributed by atoms with van der Waals surface area (Å²) >= 11 is 0. The number of benzene rings is 4. The molecule has 3 aliphatic rings. The van der Waals surface area contributed by atoms with Gasteiger partial charge in [0.05, 0.1) is 30.2 Å². The van der Waals surface area contributed by atoms with Crippen molar-refractivity contribution in [2.45, 2.75) is 108 Å². The largest absolute Gasteiger partial charge is 0.397 e. The lowest BCUT2D eigenvalue weighted by Gasteiger charge is -2.39. The van der Waals surface area contributed by atoms with Gasteiger partial charge in [-0.1, -0.05) is 91.7 Å². The summed E-state index contributed by atoms with van der Waals surface area (Å²) in [5, 5.41) is 15.6. The van der Waals surface area contributed by atoms with Gasteiger partial charge in [0, 0.05) is 50.5 Å². The number of carbonyl (C=O) groups is 2. The second-order valence-corrected chi connectivity index (χ2v) is 16.3. The number of aliphatic hydroxyl groups is 1. The lowest BCUT2D eigenvalue weighted by Crippen LogP contribution is -2.45. The molecule has 4 atom stereocenters. The van der Waals surface area contributed by atoms with Crippen molar-refractivity contribution in [1.29, 1.82) is 0 Å². The van der Waals surface area contributed by atoms with Gasteiger partial charge in [-0.05, 0) is 104 Å². The van der Waals surface area contributed by atoms with E-state index in [4.69, 9.17) is 15.2 Å². The second kappa shape index (κ2) is 20.9. The summed E-state index contributed by atoms with van der Waals surface area (Å²) < 4.78 is 13.5. The Morgan fingerprint density at radius 3 is 2.22 bits per heavy atom. The maximum Gasteiger partial charge on any atom is 0.224 e. The van der Waals surface area contributed by atoms with Crippen LogP contribution in [0.3, 0.4) is 0 Å². The van der Waals surface area contributed by atoms with Crippen LogP contribution in [0.5, 0.6) is 0 Å². The number of unbranched alkanes of at least 4 members (excludes halogenated alkanes) is 3. The molecule has 3 fully saturated rings. The van der Waals surface area contributed by atoms with Gasteiger partial charge in [0.15, 0.2) is 6.29 Å². The van der Waals surface area contributed by atoms with Crippen molar-refractivity contribution in [2.24, 2.45) is 0 Å². The Kier molecular flexibility index (Phi) is 15.0. The van der Waals surface area contributed by atoms with Crippen LogP contribution in [-0.2, 0) is 32.2 Å². The number of amides is 2. The minimum Gasteiger partial charge on any atom is -0.397 e. The average molecular weight is 788 g/mol. The second-order valence-electron chi connectivity index (χ2n) is 16.3. The van der Waals surface area contributed by atoms with Crippen LogP contribution in [0.15, 0.2) is 97.1 Å². The van der Waals surface area contributed by atoms with Gasteiger partial charge in [-0.15, -0.1) is 0 Å². The van der Waals surface area contributed by atoms with Crippen molar-refractivity contribution >= 4 is 23.2 Å². The smallest absolute Gasteiger partial charge is 0.224 e. The van der Waals surface area contributed by atoms with E-state index in [2.05, 4.69) is 69.0 Å². The maximum atomic E-state index is 12.7. The van der Waals surface area contributed by atoms with Crippen LogP contribution in [0.1, 0.15) is 105 Å². The minimum absolute atomic E-state index is 0.0234. The van der Waals surface area contributed by atoms with E-state index in [1.54, 1.807) is 12.1 Å². The van der Waals surface area contributed by atoms with Crippen molar-refractivity contribution in [3.63, 3.8) is 0 Å². The molecule has 10 nitrogen and oxygen atoms in total. The molecule has 0 bridgehead atoms. The number of hydrogen-bond acceptors (Lipinski definition) is 8. The molecule has 3 saturated heterocycles. The Hall–Kier alpha value is -4.58. The third kappa shape index (κ3) is 11.8. The van der Waals surface area contributed by atoms with E-state index in [0.29, 0.717) is 36.8 Å². The number of ether oxygens (including phenoxy) is 2. The van der Waals surface area contributed by atoms with Gasteiger partial charge >= 0.3 is 0 Å². The highest BCUT2D eigenvalue weighted by atomic mass is 16.7. The van der Waals surface area contributed by atoms with Gasteiger partial charge < -0.3 is 35.8 Å². The van der Waals surface area contributed by atoms with Crippen molar-refractivity contribution < 1.29 is 24.2 Å². The maximum absolute atomic E-state index is 12.7. The van der Waals surface area contributed by atoms with E-state index in [1.807, 2.05) is 36.4 Å². The summed E-state index contributed by atoms with van der Waals surface area (Å²) in [4.78, 5) is 30.2. The SMILES string of the molecule is Nc1ccccc1NC(=O)CCCCCCC(=O)NCc1cccc(-c2ccc(C3OC(CN4CCCC4CN4CCCC4)CC(c4ccc(CO)cc4)O3)cc2)c1. The molecule has 5 N–H and O–H groups in total. The predicted octanol–water partition coefficient (Wildman–Crippen LogP) is 8.13. The highest BCUT2D eigenvalue weighted by Gasteiger charge is 2.36. The van der Waals surface area contributed by atoms with E-state index in [0.717, 1.165) is 85.1 Å². The summed E-state index contributed by atoms with van der Waals surface area (Å²) in [6.07, 6.45) is 9.59. The molecule has 4 unspecified atom stereocenters. The highest BCUT2D eigenvalue weighted by Crippen LogP contribution is 2.39. The molecule has 3 aliphatic heterocycles. The number of aliphatic hydroxyl groups excluding tert-OH is 1. The van der Waals surface area contributed by atoms with Crippen LogP contribution >= 0.6 is 0 Å². The van der Waals surface area contributed by atoms with Gasteiger partial charge in [-0.3, -0.25) is 14.5 Å². The molecule has 0 aliphatic carbocycles. The number of nitrogens with zero attached hydrogens (tertiary/aromatic N) is 2. The number of likely N-dealkylation sites (tertiary alicyclic amines) is 2. The van der Waals surface area contributed by atoms with Gasteiger partial charge in [0.1, 0.15) is 0 Å². The number of nitrogens with one attached hydrogen (secondary N) is 2. The third-order valence-corrected chi connectivity index (χ3v) is 11.9. The third-order valence-electron chi connectivity index (χ3n) is 11.9. The number of nitrogen functional groups attached to an aromatic ring is 1. The number of carbonyl (C=O) groups excluding carboxylic acids is 2. The molecule has 0 saturated carbocycles. The first kappa shape index (κ1) is 41.6. The summed E-state index contributed by atoms with van der Waals surface area (Å²) in [5.41, 5.74) is 13.3.